The highest BCUT2D eigenvalue weighted by Crippen LogP contribution is 2.33. The lowest BCUT2D eigenvalue weighted by Gasteiger charge is -2.08. The van der Waals surface area contributed by atoms with Crippen LogP contribution < -0.4 is 15.4 Å². The zero-order chi connectivity index (χ0) is 17.8. The molecule has 0 saturated carbocycles. The van der Waals surface area contributed by atoms with Crippen molar-refractivity contribution in [3.63, 3.8) is 0 Å². The standard InChI is InChI=1S/C16H12ClFN4O2S/c1-9-20-14(15(25-9)21-11-3-2-6-19-8-11)24-16(23)22-13-7-10(17)4-5-12(13)18/h2-8,21H,1H3,(H,22,23). The summed E-state index contributed by atoms with van der Waals surface area (Å²) in [4.78, 5) is 20.2. The smallest absolute Gasteiger partial charge is 0.388 e. The van der Waals surface area contributed by atoms with Crippen molar-refractivity contribution in [3.8, 4) is 5.88 Å². The fourth-order valence-electron chi connectivity index (χ4n) is 1.94. The third-order valence-electron chi connectivity index (χ3n) is 2.98. The molecule has 0 fully saturated rings. The van der Waals surface area contributed by atoms with Crippen LogP contribution in [0.4, 0.5) is 25.6 Å². The molecule has 0 saturated heterocycles. The highest BCUT2D eigenvalue weighted by atomic mass is 35.5. The number of pyridine rings is 1. The van der Waals surface area contributed by atoms with E-state index in [9.17, 15) is 9.18 Å². The zero-order valence-corrected chi connectivity index (χ0v) is 14.5. The Balaban J connectivity index is 1.74. The molecule has 1 aromatic carbocycles. The number of carbonyl (C=O) groups is 1. The molecule has 0 unspecified atom stereocenters. The summed E-state index contributed by atoms with van der Waals surface area (Å²) in [5, 5.41) is 6.90. The van der Waals surface area contributed by atoms with Gasteiger partial charge < -0.3 is 10.1 Å². The molecule has 2 N–H and O–H groups in total. The van der Waals surface area contributed by atoms with Crippen LogP contribution in [0.3, 0.4) is 0 Å². The highest BCUT2D eigenvalue weighted by molar-refractivity contribution is 7.16. The maximum atomic E-state index is 13.7. The van der Waals surface area contributed by atoms with Gasteiger partial charge in [-0.25, -0.2) is 14.2 Å². The normalized spacial score (nSPS) is 10.4. The number of aryl methyl sites for hydroxylation is 1. The van der Waals surface area contributed by atoms with E-state index >= 15 is 0 Å². The maximum Gasteiger partial charge on any atom is 0.418 e. The number of halogens is 2. The van der Waals surface area contributed by atoms with Gasteiger partial charge in [-0.2, -0.15) is 0 Å². The first-order valence-corrected chi connectivity index (χ1v) is 8.29. The molecule has 0 spiro atoms. The summed E-state index contributed by atoms with van der Waals surface area (Å²) < 4.78 is 18.9. The van der Waals surface area contributed by atoms with E-state index in [1.54, 1.807) is 25.4 Å². The molecule has 6 nitrogen and oxygen atoms in total. The predicted octanol–water partition coefficient (Wildman–Crippen LogP) is 4.99. The molecular weight excluding hydrogens is 367 g/mol. The predicted molar refractivity (Wildman–Crippen MR) is 95.4 cm³/mol. The van der Waals surface area contributed by atoms with Crippen molar-refractivity contribution in [1.82, 2.24) is 9.97 Å². The van der Waals surface area contributed by atoms with E-state index in [1.165, 1.54) is 23.5 Å². The number of aromatic nitrogens is 2. The van der Waals surface area contributed by atoms with Crippen molar-refractivity contribution in [1.29, 1.82) is 0 Å². The Morgan fingerprint density at radius 1 is 1.36 bits per heavy atom. The summed E-state index contributed by atoms with van der Waals surface area (Å²) in [5.41, 5.74) is 0.642. The Hall–Kier alpha value is -2.71. The topological polar surface area (TPSA) is 76.1 Å². The number of ether oxygens (including phenoxy) is 1. The van der Waals surface area contributed by atoms with Crippen molar-refractivity contribution >= 4 is 45.4 Å². The van der Waals surface area contributed by atoms with Gasteiger partial charge in [-0.3, -0.25) is 10.3 Å². The summed E-state index contributed by atoms with van der Waals surface area (Å²) in [6, 6.07) is 7.41. The average molecular weight is 379 g/mol. The lowest BCUT2D eigenvalue weighted by molar-refractivity contribution is 0.213. The molecule has 0 aliphatic heterocycles. The van der Waals surface area contributed by atoms with Crippen LogP contribution in [0.25, 0.3) is 0 Å². The van der Waals surface area contributed by atoms with Crippen LogP contribution in [0.15, 0.2) is 42.7 Å². The number of nitrogens with zero attached hydrogens (tertiary/aromatic N) is 2. The lowest BCUT2D eigenvalue weighted by atomic mass is 10.3. The van der Waals surface area contributed by atoms with E-state index in [4.69, 9.17) is 16.3 Å². The fraction of sp³-hybridized carbons (Fsp3) is 0.0625. The second kappa shape index (κ2) is 7.45. The summed E-state index contributed by atoms with van der Waals surface area (Å²) in [5.74, 6) is -0.532. The van der Waals surface area contributed by atoms with E-state index in [-0.39, 0.29) is 11.6 Å². The highest BCUT2D eigenvalue weighted by Gasteiger charge is 2.16. The Morgan fingerprint density at radius 3 is 2.96 bits per heavy atom. The second-order valence-corrected chi connectivity index (χ2v) is 6.51. The largest absolute Gasteiger partial charge is 0.418 e. The average Bonchev–Trinajstić information content (AvgIpc) is 2.91. The van der Waals surface area contributed by atoms with Crippen molar-refractivity contribution in [2.24, 2.45) is 0 Å². The van der Waals surface area contributed by atoms with Gasteiger partial charge in [-0.15, -0.1) is 0 Å². The van der Waals surface area contributed by atoms with E-state index in [1.807, 2.05) is 6.07 Å². The van der Waals surface area contributed by atoms with Gasteiger partial charge in [0.15, 0.2) is 5.00 Å². The second-order valence-electron chi connectivity index (χ2n) is 4.87. The third-order valence-corrected chi connectivity index (χ3v) is 4.08. The molecule has 0 radical (unpaired) electrons. The van der Waals surface area contributed by atoms with Crippen molar-refractivity contribution < 1.29 is 13.9 Å². The molecule has 3 rings (SSSR count). The van der Waals surface area contributed by atoms with Gasteiger partial charge >= 0.3 is 6.09 Å². The van der Waals surface area contributed by atoms with Crippen molar-refractivity contribution in [3.05, 3.63) is 58.6 Å². The molecule has 25 heavy (non-hydrogen) atoms. The minimum atomic E-state index is -0.874. The van der Waals surface area contributed by atoms with Crippen LogP contribution in [-0.4, -0.2) is 16.1 Å². The van der Waals surface area contributed by atoms with E-state index in [0.717, 1.165) is 11.8 Å². The molecule has 0 bridgehead atoms. The number of thiazole rings is 1. The van der Waals surface area contributed by atoms with Crippen molar-refractivity contribution in [2.45, 2.75) is 6.92 Å². The van der Waals surface area contributed by atoms with Gasteiger partial charge in [0.05, 0.1) is 22.6 Å². The first-order valence-electron chi connectivity index (χ1n) is 7.09. The number of hydrogen-bond donors (Lipinski definition) is 2. The van der Waals surface area contributed by atoms with Gasteiger partial charge in [0.25, 0.3) is 5.88 Å². The molecule has 2 heterocycles. The Labute approximate surface area is 151 Å². The third kappa shape index (κ3) is 4.43. The monoisotopic (exact) mass is 378 g/mol. The molecule has 128 valence electrons. The molecule has 9 heteroatoms. The maximum absolute atomic E-state index is 13.7. The van der Waals surface area contributed by atoms with E-state index < -0.39 is 11.9 Å². The Kier molecular flexibility index (Phi) is 5.11. The van der Waals surface area contributed by atoms with Gasteiger partial charge in [0.2, 0.25) is 0 Å². The number of carbonyl (C=O) groups excluding carboxylic acids is 1. The number of hydrogen-bond acceptors (Lipinski definition) is 6. The van der Waals surface area contributed by atoms with Crippen LogP contribution in [0.1, 0.15) is 5.01 Å². The minimum Gasteiger partial charge on any atom is -0.388 e. The molecule has 0 atom stereocenters. The number of benzene rings is 1. The number of nitrogens with one attached hydrogen (secondary N) is 2. The zero-order valence-electron chi connectivity index (χ0n) is 12.9. The van der Waals surface area contributed by atoms with Crippen LogP contribution >= 0.6 is 22.9 Å². The minimum absolute atomic E-state index is 0.0776. The van der Waals surface area contributed by atoms with Gasteiger partial charge in [0, 0.05) is 11.2 Å². The Bertz CT molecular complexity index is 904. The molecule has 1 amide bonds. The molecule has 0 aliphatic carbocycles. The van der Waals surface area contributed by atoms with Crippen LogP contribution in [0, 0.1) is 12.7 Å². The Morgan fingerprint density at radius 2 is 2.20 bits per heavy atom. The quantitative estimate of drug-likeness (QED) is 0.668. The van der Waals surface area contributed by atoms with E-state index in [2.05, 4.69) is 20.6 Å². The van der Waals surface area contributed by atoms with Gasteiger partial charge in [-0.1, -0.05) is 22.9 Å². The van der Waals surface area contributed by atoms with Gasteiger partial charge in [0.1, 0.15) is 5.82 Å². The van der Waals surface area contributed by atoms with Crippen LogP contribution in [0.2, 0.25) is 5.02 Å². The first kappa shape index (κ1) is 17.1. The molecule has 2 aromatic heterocycles. The fourth-order valence-corrected chi connectivity index (χ4v) is 2.88. The number of rotatable bonds is 4. The molecule has 0 aliphatic rings. The van der Waals surface area contributed by atoms with Crippen molar-refractivity contribution in [2.75, 3.05) is 10.6 Å². The van der Waals surface area contributed by atoms with Crippen LogP contribution in [0.5, 0.6) is 5.88 Å². The molecule has 3 aromatic rings. The van der Waals surface area contributed by atoms with E-state index in [0.29, 0.717) is 15.0 Å². The first-order chi connectivity index (χ1) is 12.0. The van der Waals surface area contributed by atoms with Crippen LogP contribution in [-0.2, 0) is 0 Å². The lowest BCUT2D eigenvalue weighted by Crippen LogP contribution is -2.18. The summed E-state index contributed by atoms with van der Waals surface area (Å²) >= 11 is 7.11. The summed E-state index contributed by atoms with van der Waals surface area (Å²) in [6.07, 6.45) is 2.40. The summed E-state index contributed by atoms with van der Waals surface area (Å²) in [7, 11) is 0. The number of amides is 1. The number of anilines is 3. The summed E-state index contributed by atoms with van der Waals surface area (Å²) in [6.45, 7) is 1.78. The molecular formula is C16H12ClFN4O2S. The van der Waals surface area contributed by atoms with Gasteiger partial charge in [-0.05, 0) is 37.3 Å². The SMILES string of the molecule is Cc1nc(OC(=O)Nc2cc(Cl)ccc2F)c(Nc2cccnc2)s1.